The van der Waals surface area contributed by atoms with Crippen LogP contribution in [0.5, 0.6) is 0 Å². The quantitative estimate of drug-likeness (QED) is 0.398. The molecule has 4 saturated heterocycles. The van der Waals surface area contributed by atoms with Crippen LogP contribution >= 0.6 is 18.9 Å². The number of amides is 4. The lowest BCUT2D eigenvalue weighted by molar-refractivity contribution is -0.156. The first kappa shape index (κ1) is 30.7. The molecule has 4 amide bonds. The van der Waals surface area contributed by atoms with Crippen molar-refractivity contribution in [1.29, 1.82) is 0 Å². The van der Waals surface area contributed by atoms with Crippen LogP contribution in [0.2, 0.25) is 0 Å². The number of hydrogen-bond donors (Lipinski definition) is 3. The number of alkyl halides is 1. The van der Waals surface area contributed by atoms with Gasteiger partial charge in [0.1, 0.15) is 12.1 Å². The minimum atomic E-state index is -4.98. The van der Waals surface area contributed by atoms with Gasteiger partial charge in [0.05, 0.1) is 24.0 Å². The molecule has 12 nitrogen and oxygen atoms in total. The number of morpholine rings is 1. The largest absolute Gasteiger partial charge is 0.378 e. The topological polar surface area (TPSA) is 157 Å². The smallest absolute Gasteiger partial charge is 0.363 e. The fourth-order valence-electron chi connectivity index (χ4n) is 7.44. The van der Waals surface area contributed by atoms with Gasteiger partial charge in [0.2, 0.25) is 23.6 Å². The van der Waals surface area contributed by atoms with Crippen molar-refractivity contribution in [3.05, 3.63) is 34.7 Å². The van der Waals surface area contributed by atoms with Crippen molar-refractivity contribution in [3.63, 3.8) is 0 Å². The second-order valence-electron chi connectivity index (χ2n) is 13.0. The number of nitrogens with one attached hydrogen (secondary N) is 1. The molecule has 0 spiro atoms. The molecule has 1 saturated carbocycles. The number of ether oxygens (including phenoxy) is 1. The van der Waals surface area contributed by atoms with Crippen LogP contribution in [0, 0.1) is 17.8 Å². The molecule has 5 fully saturated rings. The molecule has 5 aliphatic rings. The van der Waals surface area contributed by atoms with E-state index in [1.165, 1.54) is 24.3 Å². The van der Waals surface area contributed by atoms with Gasteiger partial charge in [0, 0.05) is 36.9 Å². The van der Waals surface area contributed by atoms with E-state index in [9.17, 15) is 37.9 Å². The summed E-state index contributed by atoms with van der Waals surface area (Å²) in [5, 5.41) is 3.38. The molecule has 6 atom stereocenters. The summed E-state index contributed by atoms with van der Waals surface area (Å²) >= 11 is 1.14. The zero-order valence-electron chi connectivity index (χ0n) is 24.5. The number of fused-ring (bicyclic) bond motifs is 3. The second kappa shape index (κ2) is 11.7. The molecule has 4 aliphatic heterocycles. The van der Waals surface area contributed by atoms with Crippen LogP contribution in [0.3, 0.4) is 0 Å². The Bertz CT molecular complexity index is 1590. The number of rotatable bonds is 6. The number of thiophene rings is 1. The Kier molecular flexibility index (Phi) is 8.00. The summed E-state index contributed by atoms with van der Waals surface area (Å²) < 4.78 is 31.6. The van der Waals surface area contributed by atoms with E-state index >= 15 is 0 Å². The van der Waals surface area contributed by atoms with Crippen LogP contribution in [0.1, 0.15) is 53.3 Å². The molecule has 1 aliphatic carbocycles. The van der Waals surface area contributed by atoms with E-state index in [2.05, 4.69) is 5.32 Å². The van der Waals surface area contributed by atoms with Gasteiger partial charge >= 0.3 is 7.60 Å². The van der Waals surface area contributed by atoms with E-state index in [1.807, 2.05) is 0 Å². The number of carbonyl (C=O) groups is 4. The van der Waals surface area contributed by atoms with Gasteiger partial charge in [-0.05, 0) is 73.1 Å². The van der Waals surface area contributed by atoms with Crippen LogP contribution in [0.15, 0.2) is 24.3 Å². The Labute approximate surface area is 263 Å². The van der Waals surface area contributed by atoms with Crippen LogP contribution in [-0.2, 0) is 23.7 Å². The molecule has 1 aromatic heterocycles. The maximum Gasteiger partial charge on any atom is 0.363 e. The Morgan fingerprint density at radius 2 is 1.73 bits per heavy atom. The van der Waals surface area contributed by atoms with Crippen molar-refractivity contribution >= 4 is 52.6 Å². The average molecular weight is 663 g/mol. The van der Waals surface area contributed by atoms with E-state index in [0.717, 1.165) is 30.6 Å². The van der Waals surface area contributed by atoms with Gasteiger partial charge in [0.15, 0.2) is 0 Å². The van der Waals surface area contributed by atoms with E-state index in [4.69, 9.17) is 4.74 Å². The highest BCUT2D eigenvalue weighted by atomic mass is 32.1. The maximum atomic E-state index is 14.3. The van der Waals surface area contributed by atoms with Crippen molar-refractivity contribution < 1.29 is 42.7 Å². The highest BCUT2D eigenvalue weighted by Crippen LogP contribution is 2.53. The predicted molar refractivity (Wildman–Crippen MR) is 161 cm³/mol. The van der Waals surface area contributed by atoms with Gasteiger partial charge in [0.25, 0.3) is 5.91 Å². The molecule has 45 heavy (non-hydrogen) atoms. The molecule has 0 bridgehead atoms. The molecule has 242 valence electrons. The third-order valence-electron chi connectivity index (χ3n) is 10.0. The Hall–Kier alpha value is -2.90. The van der Waals surface area contributed by atoms with Crippen molar-refractivity contribution in [1.82, 2.24) is 20.0 Å². The molecular formula is C30H36FN4O8PS. The lowest BCUT2D eigenvalue weighted by Gasteiger charge is -2.44. The minimum Gasteiger partial charge on any atom is -0.378 e. The number of nitrogens with zero attached hydrogens (tertiary/aromatic N) is 3. The molecule has 0 radical (unpaired) electrons. The summed E-state index contributed by atoms with van der Waals surface area (Å²) in [5.74, 6) is -2.75. The highest BCUT2D eigenvalue weighted by molar-refractivity contribution is 7.51. The van der Waals surface area contributed by atoms with Crippen molar-refractivity contribution in [2.75, 3.05) is 39.4 Å². The lowest BCUT2D eigenvalue weighted by atomic mass is 9.96. The number of carbonyl (C=O) groups excluding carboxylic acids is 4. The van der Waals surface area contributed by atoms with E-state index in [0.29, 0.717) is 74.2 Å². The highest BCUT2D eigenvalue weighted by Gasteiger charge is 2.53. The number of hydrogen-bond acceptors (Lipinski definition) is 7. The first-order chi connectivity index (χ1) is 21.5. The molecule has 1 aromatic carbocycles. The molecule has 15 heteroatoms. The zero-order valence-corrected chi connectivity index (χ0v) is 26.3. The first-order valence-corrected chi connectivity index (χ1v) is 18.0. The molecule has 1 unspecified atom stereocenters. The fourth-order valence-corrected chi connectivity index (χ4v) is 8.94. The van der Waals surface area contributed by atoms with Gasteiger partial charge in [-0.2, -0.15) is 0 Å². The van der Waals surface area contributed by atoms with Crippen molar-refractivity contribution in [2.24, 2.45) is 17.8 Å². The van der Waals surface area contributed by atoms with Crippen LogP contribution in [-0.4, -0.2) is 106 Å². The minimum absolute atomic E-state index is 0.0419. The predicted octanol–water partition coefficient (Wildman–Crippen LogP) is 2.25. The fraction of sp³-hybridized carbons (Fsp3) is 0.600. The maximum absolute atomic E-state index is 14.3. The summed E-state index contributed by atoms with van der Waals surface area (Å²) in [4.78, 5) is 78.0. The number of benzene rings is 1. The van der Waals surface area contributed by atoms with Gasteiger partial charge in [-0.15, -0.1) is 11.3 Å². The normalized spacial score (nSPS) is 29.4. The Morgan fingerprint density at radius 3 is 2.47 bits per heavy atom. The monoisotopic (exact) mass is 662 g/mol. The summed E-state index contributed by atoms with van der Waals surface area (Å²) in [5.41, 5.74) is -0.176. The first-order valence-electron chi connectivity index (χ1n) is 15.5. The molecule has 3 N–H and O–H groups in total. The molecule has 7 rings (SSSR count). The van der Waals surface area contributed by atoms with Crippen molar-refractivity contribution in [2.45, 2.75) is 56.1 Å². The molecule has 5 heterocycles. The lowest BCUT2D eigenvalue weighted by Crippen LogP contribution is -2.62. The Balaban J connectivity index is 1.04. The van der Waals surface area contributed by atoms with E-state index in [1.54, 1.807) is 14.7 Å². The number of likely N-dealkylation sites (tertiary alicyclic amines) is 1. The number of halogens is 1. The zero-order chi connectivity index (χ0) is 31.6. The summed E-state index contributed by atoms with van der Waals surface area (Å²) in [6.45, 7) is 2.83. The van der Waals surface area contributed by atoms with Crippen molar-refractivity contribution in [3.8, 4) is 0 Å². The summed E-state index contributed by atoms with van der Waals surface area (Å²) in [6.07, 6.45) is 3.59. The Morgan fingerprint density at radius 1 is 1.00 bits per heavy atom. The molecule has 2 aromatic rings. The SMILES string of the molecule is O=C(NC1C[C@@H]2C[C@@H]2C[C@H]2CC[C@@H](C(=O)N3CC(C(=O)N4CCOCC4)C3)N2C1=O)c1cc2cc([C@@H](F)P(=O)(O)O)ccc2s1. The van der Waals surface area contributed by atoms with Crippen LogP contribution in [0.4, 0.5) is 4.39 Å². The van der Waals surface area contributed by atoms with Gasteiger partial charge in [-0.25, -0.2) is 4.39 Å². The average Bonchev–Trinajstić information content (AvgIpc) is 3.36. The van der Waals surface area contributed by atoms with E-state index < -0.39 is 31.5 Å². The summed E-state index contributed by atoms with van der Waals surface area (Å²) in [6, 6.07) is 4.16. The second-order valence-corrected chi connectivity index (χ2v) is 15.7. The third kappa shape index (κ3) is 5.91. The molecular weight excluding hydrogens is 626 g/mol. The standard InChI is InChI=1S/C30H36FN4O8PS/c31-26(44(40,41)42)16-1-4-24-19(9-16)13-25(45-24)27(36)32-22-12-18-10-17(18)11-21-2-3-23(35(21)29(22)38)30(39)34-14-20(15-34)28(37)33-5-7-43-8-6-33/h1,4,9,13,17-18,20-23,26H,2-3,5-8,10-12,14-15H2,(H,32,36)(H2,40,41,42)/t17-,18+,21-,22?,23+,26+/m1/s1. The van der Waals surface area contributed by atoms with Gasteiger partial charge in [-0.1, -0.05) is 6.07 Å². The van der Waals surface area contributed by atoms with Gasteiger partial charge < -0.3 is 34.5 Å². The van der Waals surface area contributed by atoms with E-state index in [-0.39, 0.29) is 40.1 Å². The van der Waals surface area contributed by atoms with Crippen LogP contribution in [0.25, 0.3) is 10.1 Å². The van der Waals surface area contributed by atoms with Gasteiger partial charge in [-0.3, -0.25) is 23.7 Å². The summed E-state index contributed by atoms with van der Waals surface area (Å²) in [7, 11) is -4.98. The van der Waals surface area contributed by atoms with Crippen LogP contribution < -0.4 is 5.32 Å². The third-order valence-corrected chi connectivity index (χ3v) is 12.0.